The molecular formula is C47H85NO7P+. The number of nitrogens with zero attached hydrogens (tertiary/aromatic N) is 1. The SMILES string of the molecule is CC/C=C\C/C=C\C/C=C\C/C=C\C/C=C\CCCCCCOCC(COP(=O)(O)OCC[N+](C)(C)C)OC(=O)CCCCCCC/C=C\CCCCCCC. The number of unbranched alkanes of at least 4 members (excludes halogenated alkanes) is 14. The molecule has 0 spiro atoms. The summed E-state index contributed by atoms with van der Waals surface area (Å²) < 4.78 is 35.0. The second kappa shape index (κ2) is 39.8. The Balaban J connectivity index is 4.31. The third-order valence-corrected chi connectivity index (χ3v) is 9.99. The lowest BCUT2D eigenvalue weighted by molar-refractivity contribution is -0.870. The number of ether oxygens (including phenoxy) is 2. The number of esters is 1. The Bertz CT molecular complexity index is 1120. The molecule has 9 heteroatoms. The van der Waals surface area contributed by atoms with E-state index in [1.807, 2.05) is 21.1 Å². The lowest BCUT2D eigenvalue weighted by Gasteiger charge is -2.24. The zero-order valence-electron chi connectivity index (χ0n) is 36.6. The second-order valence-electron chi connectivity index (χ2n) is 15.7. The number of allylic oxidation sites excluding steroid dienone is 12. The molecule has 0 saturated heterocycles. The van der Waals surface area contributed by atoms with Gasteiger partial charge in [-0.15, -0.1) is 0 Å². The molecule has 0 radical (unpaired) electrons. The fraction of sp³-hybridized carbons (Fsp3) is 0.723. The summed E-state index contributed by atoms with van der Waals surface area (Å²) in [7, 11) is 1.63. The van der Waals surface area contributed by atoms with Gasteiger partial charge in [-0.25, -0.2) is 4.57 Å². The van der Waals surface area contributed by atoms with E-state index >= 15 is 0 Å². The van der Waals surface area contributed by atoms with Crippen molar-refractivity contribution in [3.8, 4) is 0 Å². The van der Waals surface area contributed by atoms with Crippen LogP contribution in [0.1, 0.15) is 162 Å². The monoisotopic (exact) mass is 807 g/mol. The lowest BCUT2D eigenvalue weighted by atomic mass is 10.1. The van der Waals surface area contributed by atoms with Crippen molar-refractivity contribution in [2.24, 2.45) is 0 Å². The fourth-order valence-corrected chi connectivity index (χ4v) is 6.31. The van der Waals surface area contributed by atoms with Gasteiger partial charge in [-0.1, -0.05) is 145 Å². The van der Waals surface area contributed by atoms with Crippen LogP contribution in [0.2, 0.25) is 0 Å². The van der Waals surface area contributed by atoms with Crippen LogP contribution in [0.5, 0.6) is 0 Å². The Labute approximate surface area is 344 Å². The average molecular weight is 807 g/mol. The first-order valence-corrected chi connectivity index (χ1v) is 23.7. The van der Waals surface area contributed by atoms with Crippen molar-refractivity contribution in [2.45, 2.75) is 168 Å². The Hall–Kier alpha value is -2.06. The van der Waals surface area contributed by atoms with Crippen molar-refractivity contribution in [1.82, 2.24) is 0 Å². The minimum Gasteiger partial charge on any atom is -0.457 e. The second-order valence-corrected chi connectivity index (χ2v) is 17.1. The number of rotatable bonds is 40. The van der Waals surface area contributed by atoms with Crippen LogP contribution < -0.4 is 0 Å². The quantitative estimate of drug-likeness (QED) is 0.0217. The Morgan fingerprint density at radius 2 is 1.04 bits per heavy atom. The first-order chi connectivity index (χ1) is 27.1. The number of carbonyl (C=O) groups excluding carboxylic acids is 1. The molecule has 0 bridgehead atoms. The number of hydrogen-bond acceptors (Lipinski definition) is 6. The van der Waals surface area contributed by atoms with E-state index in [1.54, 1.807) is 0 Å². The maximum atomic E-state index is 12.7. The number of likely N-dealkylation sites (N-methyl/N-ethyl adjacent to an activating group) is 1. The van der Waals surface area contributed by atoms with Gasteiger partial charge in [0.1, 0.15) is 19.3 Å². The minimum atomic E-state index is -4.29. The van der Waals surface area contributed by atoms with Crippen LogP contribution in [0.4, 0.5) is 0 Å². The molecule has 324 valence electrons. The van der Waals surface area contributed by atoms with Crippen LogP contribution in [0.15, 0.2) is 72.9 Å². The molecule has 0 aliphatic heterocycles. The number of quaternary nitrogens is 1. The molecule has 2 unspecified atom stereocenters. The first kappa shape index (κ1) is 53.9. The molecule has 56 heavy (non-hydrogen) atoms. The highest BCUT2D eigenvalue weighted by Crippen LogP contribution is 2.43. The third-order valence-electron chi connectivity index (χ3n) is 9.00. The predicted octanol–water partition coefficient (Wildman–Crippen LogP) is 13.1. The van der Waals surface area contributed by atoms with Crippen LogP contribution in [0.3, 0.4) is 0 Å². The van der Waals surface area contributed by atoms with Gasteiger partial charge in [-0.3, -0.25) is 13.8 Å². The van der Waals surface area contributed by atoms with Gasteiger partial charge in [-0.2, -0.15) is 0 Å². The molecule has 0 aromatic heterocycles. The summed E-state index contributed by atoms with van der Waals surface area (Å²) in [6, 6.07) is 0. The minimum absolute atomic E-state index is 0.0781. The van der Waals surface area contributed by atoms with E-state index in [0.29, 0.717) is 24.1 Å². The van der Waals surface area contributed by atoms with Gasteiger partial charge in [0.25, 0.3) is 0 Å². The molecule has 8 nitrogen and oxygen atoms in total. The molecule has 0 aliphatic carbocycles. The Morgan fingerprint density at radius 3 is 1.57 bits per heavy atom. The van der Waals surface area contributed by atoms with E-state index in [2.05, 4.69) is 86.8 Å². The molecule has 0 aliphatic rings. The van der Waals surface area contributed by atoms with Crippen molar-refractivity contribution >= 4 is 13.8 Å². The van der Waals surface area contributed by atoms with Crippen LogP contribution in [-0.4, -0.2) is 75.6 Å². The summed E-state index contributed by atoms with van der Waals surface area (Å²) in [6.07, 6.45) is 50.8. The highest BCUT2D eigenvalue weighted by Gasteiger charge is 2.26. The number of hydrogen-bond donors (Lipinski definition) is 1. The predicted molar refractivity (Wildman–Crippen MR) is 238 cm³/mol. The van der Waals surface area contributed by atoms with E-state index in [0.717, 1.165) is 96.3 Å². The molecule has 0 rings (SSSR count). The summed E-state index contributed by atoms with van der Waals surface area (Å²) >= 11 is 0. The molecule has 0 heterocycles. The van der Waals surface area contributed by atoms with Crippen molar-refractivity contribution in [3.63, 3.8) is 0 Å². The number of phosphoric ester groups is 1. The van der Waals surface area contributed by atoms with Gasteiger partial charge in [-0.05, 0) is 83.5 Å². The Morgan fingerprint density at radius 1 is 0.571 bits per heavy atom. The number of phosphoric acid groups is 1. The van der Waals surface area contributed by atoms with Crippen LogP contribution in [0, 0.1) is 0 Å². The van der Waals surface area contributed by atoms with Gasteiger partial charge in [0, 0.05) is 13.0 Å². The molecule has 0 aromatic carbocycles. The van der Waals surface area contributed by atoms with E-state index < -0.39 is 13.9 Å². The highest BCUT2D eigenvalue weighted by atomic mass is 31.2. The van der Waals surface area contributed by atoms with Crippen molar-refractivity contribution < 1.29 is 37.3 Å². The smallest absolute Gasteiger partial charge is 0.457 e. The summed E-state index contributed by atoms with van der Waals surface area (Å²) in [5.41, 5.74) is 0. The van der Waals surface area contributed by atoms with Crippen molar-refractivity contribution in [2.75, 3.05) is 54.1 Å². The van der Waals surface area contributed by atoms with Gasteiger partial charge in [0.15, 0.2) is 0 Å². The zero-order chi connectivity index (χ0) is 41.3. The van der Waals surface area contributed by atoms with E-state index in [9.17, 15) is 14.3 Å². The molecule has 1 N–H and O–H groups in total. The van der Waals surface area contributed by atoms with Crippen LogP contribution >= 0.6 is 7.82 Å². The lowest BCUT2D eigenvalue weighted by Crippen LogP contribution is -2.37. The molecule has 0 aromatic rings. The normalized spacial score (nSPS) is 14.5. The standard InChI is InChI=1S/C47H84NO7P/c1-6-8-10-12-14-16-18-20-22-23-24-25-26-27-29-31-33-35-37-39-42-52-44-46(45-54-56(50,51)53-43-41-48(3,4)5)55-47(49)40-38-36-34-32-30-28-21-19-17-15-13-11-9-7-2/h8,10,14,16,19-22,24-25,27,29,46H,6-7,9,11-13,15,17-18,23,26,28,30-45H2,1-5H3/p+1/b10-8-,16-14-,21-19-,22-20-,25-24-,29-27-. The first-order valence-electron chi connectivity index (χ1n) is 22.2. The molecular weight excluding hydrogens is 721 g/mol. The van der Waals surface area contributed by atoms with Crippen LogP contribution in [0.25, 0.3) is 0 Å². The van der Waals surface area contributed by atoms with Crippen molar-refractivity contribution in [3.05, 3.63) is 72.9 Å². The molecule has 2 atom stereocenters. The van der Waals surface area contributed by atoms with E-state index in [1.165, 1.54) is 44.9 Å². The van der Waals surface area contributed by atoms with E-state index in [4.69, 9.17) is 18.5 Å². The summed E-state index contributed by atoms with van der Waals surface area (Å²) in [4.78, 5) is 22.9. The topological polar surface area (TPSA) is 91.3 Å². The Kier molecular flexibility index (Phi) is 38.3. The largest absolute Gasteiger partial charge is 0.472 e. The van der Waals surface area contributed by atoms with E-state index in [-0.39, 0.29) is 25.8 Å². The summed E-state index contributed by atoms with van der Waals surface area (Å²) in [5, 5.41) is 0. The van der Waals surface area contributed by atoms with Gasteiger partial charge in [0.2, 0.25) is 0 Å². The van der Waals surface area contributed by atoms with Gasteiger partial charge >= 0.3 is 13.8 Å². The average Bonchev–Trinajstić information content (AvgIpc) is 3.15. The maximum absolute atomic E-state index is 12.7. The van der Waals surface area contributed by atoms with Gasteiger partial charge in [0.05, 0.1) is 34.4 Å². The molecule has 0 fully saturated rings. The molecule has 0 amide bonds. The fourth-order valence-electron chi connectivity index (χ4n) is 5.57. The zero-order valence-corrected chi connectivity index (χ0v) is 37.5. The third kappa shape index (κ3) is 43.1. The maximum Gasteiger partial charge on any atom is 0.472 e. The summed E-state index contributed by atoms with van der Waals surface area (Å²) in [5.74, 6) is -0.335. The van der Waals surface area contributed by atoms with Gasteiger partial charge < -0.3 is 18.9 Å². The highest BCUT2D eigenvalue weighted by molar-refractivity contribution is 7.47. The summed E-state index contributed by atoms with van der Waals surface area (Å²) in [6.45, 7) is 5.41. The number of carbonyl (C=O) groups is 1. The molecule has 0 saturated carbocycles. The van der Waals surface area contributed by atoms with Crippen molar-refractivity contribution in [1.29, 1.82) is 0 Å². The van der Waals surface area contributed by atoms with Crippen LogP contribution in [-0.2, 0) is 27.9 Å².